The van der Waals surface area contributed by atoms with Gasteiger partial charge in [0.15, 0.2) is 5.75 Å². The monoisotopic (exact) mass is 575 g/mol. The molecule has 1 aliphatic carbocycles. The number of anilines is 1. The third-order valence-corrected chi connectivity index (χ3v) is 7.77. The highest BCUT2D eigenvalue weighted by Gasteiger charge is 2.42. The van der Waals surface area contributed by atoms with Crippen LogP contribution in [0.25, 0.3) is 10.9 Å². The van der Waals surface area contributed by atoms with Gasteiger partial charge in [-0.05, 0) is 62.1 Å². The molecule has 202 valence electrons. The number of carbonyl (C=O) groups is 1. The van der Waals surface area contributed by atoms with E-state index in [0.717, 1.165) is 6.07 Å². The molecule has 3 aromatic carbocycles. The number of benzene rings is 3. The molecule has 1 aliphatic rings. The first-order valence-corrected chi connectivity index (χ1v) is 12.8. The van der Waals surface area contributed by atoms with Crippen LogP contribution in [0.2, 0.25) is 10.0 Å². The number of aromatic nitrogens is 2. The van der Waals surface area contributed by atoms with Gasteiger partial charge >= 0.3 is 6.18 Å². The van der Waals surface area contributed by atoms with E-state index in [1.54, 1.807) is 32.0 Å². The van der Waals surface area contributed by atoms with Gasteiger partial charge in [0.1, 0.15) is 5.82 Å². The molecule has 0 bridgehead atoms. The Balaban J connectivity index is 1.60. The second kappa shape index (κ2) is 9.88. The number of phenols is 1. The number of nitrogens with one attached hydrogen (secondary N) is 1. The minimum atomic E-state index is -4.52. The SMILES string of the molecule is Cc1ccc(NC(=O)c2cc(Cl)c(O)c(Cl)c2)c2c(=O)n(C3CCC3c3ccccc3C(F)(F)F)c(C)nc12. The van der Waals surface area contributed by atoms with Crippen molar-refractivity contribution in [2.45, 2.75) is 44.8 Å². The molecule has 11 heteroatoms. The van der Waals surface area contributed by atoms with Crippen LogP contribution in [0.1, 0.15) is 57.7 Å². The van der Waals surface area contributed by atoms with Crippen molar-refractivity contribution < 1.29 is 23.1 Å². The van der Waals surface area contributed by atoms with Gasteiger partial charge in [0.2, 0.25) is 0 Å². The molecule has 5 rings (SSSR count). The fourth-order valence-electron chi connectivity index (χ4n) is 5.16. The van der Waals surface area contributed by atoms with Crippen molar-refractivity contribution in [3.63, 3.8) is 0 Å². The second-order valence-corrected chi connectivity index (χ2v) is 10.4. The van der Waals surface area contributed by atoms with Crippen molar-refractivity contribution in [2.75, 3.05) is 5.32 Å². The van der Waals surface area contributed by atoms with Gasteiger partial charge in [0.25, 0.3) is 11.5 Å². The summed E-state index contributed by atoms with van der Waals surface area (Å²) in [6.07, 6.45) is -3.53. The Hall–Kier alpha value is -3.56. The molecule has 1 aromatic heterocycles. The Morgan fingerprint density at radius 1 is 1.08 bits per heavy atom. The van der Waals surface area contributed by atoms with Gasteiger partial charge in [-0.25, -0.2) is 4.98 Å². The summed E-state index contributed by atoms with van der Waals surface area (Å²) in [4.78, 5) is 31.6. The first kappa shape index (κ1) is 27.0. The van der Waals surface area contributed by atoms with Crippen LogP contribution in [-0.4, -0.2) is 20.6 Å². The predicted octanol–water partition coefficient (Wildman–Crippen LogP) is 7.42. The zero-order valence-corrected chi connectivity index (χ0v) is 22.2. The molecular formula is C28H22Cl2F3N3O3. The third kappa shape index (κ3) is 4.74. The quantitative estimate of drug-likeness (QED) is 0.265. The average molecular weight is 576 g/mol. The average Bonchev–Trinajstić information content (AvgIpc) is 2.85. The number of aryl methyl sites for hydroxylation is 2. The van der Waals surface area contributed by atoms with Crippen molar-refractivity contribution >= 4 is 45.7 Å². The van der Waals surface area contributed by atoms with Crippen LogP contribution in [0.15, 0.2) is 53.3 Å². The molecule has 1 fully saturated rings. The fourth-order valence-corrected chi connectivity index (χ4v) is 5.64. The molecule has 39 heavy (non-hydrogen) atoms. The van der Waals surface area contributed by atoms with E-state index < -0.39 is 35.2 Å². The minimum Gasteiger partial charge on any atom is -0.505 e. The number of alkyl halides is 3. The summed E-state index contributed by atoms with van der Waals surface area (Å²) >= 11 is 11.9. The predicted molar refractivity (Wildman–Crippen MR) is 144 cm³/mol. The lowest BCUT2D eigenvalue weighted by Gasteiger charge is -2.40. The highest BCUT2D eigenvalue weighted by molar-refractivity contribution is 6.37. The molecule has 2 N–H and O–H groups in total. The number of rotatable bonds is 4. The van der Waals surface area contributed by atoms with Gasteiger partial charge in [-0.2, -0.15) is 13.2 Å². The van der Waals surface area contributed by atoms with Gasteiger partial charge < -0.3 is 10.4 Å². The molecule has 0 spiro atoms. The van der Waals surface area contributed by atoms with Crippen LogP contribution in [0.3, 0.4) is 0 Å². The van der Waals surface area contributed by atoms with Crippen LogP contribution in [0.5, 0.6) is 5.75 Å². The number of aromatic hydroxyl groups is 1. The highest BCUT2D eigenvalue weighted by atomic mass is 35.5. The van der Waals surface area contributed by atoms with Crippen molar-refractivity contribution in [1.29, 1.82) is 0 Å². The van der Waals surface area contributed by atoms with E-state index in [1.165, 1.54) is 28.8 Å². The van der Waals surface area contributed by atoms with Crippen LogP contribution < -0.4 is 10.9 Å². The minimum absolute atomic E-state index is 0.0553. The summed E-state index contributed by atoms with van der Waals surface area (Å²) in [6.45, 7) is 3.42. The third-order valence-electron chi connectivity index (χ3n) is 7.20. The zero-order valence-electron chi connectivity index (χ0n) is 20.7. The van der Waals surface area contributed by atoms with Crippen LogP contribution in [0.4, 0.5) is 18.9 Å². The van der Waals surface area contributed by atoms with E-state index in [1.807, 2.05) is 0 Å². The van der Waals surface area contributed by atoms with Gasteiger partial charge in [-0.15, -0.1) is 0 Å². The number of hydrogen-bond donors (Lipinski definition) is 2. The normalized spacial score (nSPS) is 17.2. The maximum Gasteiger partial charge on any atom is 0.416 e. The number of fused-ring (bicyclic) bond motifs is 1. The van der Waals surface area contributed by atoms with Gasteiger partial charge in [-0.3, -0.25) is 14.2 Å². The molecule has 1 amide bonds. The number of nitrogens with zero attached hydrogens (tertiary/aromatic N) is 2. The molecular weight excluding hydrogens is 554 g/mol. The van der Waals surface area contributed by atoms with Crippen LogP contribution in [0, 0.1) is 13.8 Å². The number of hydrogen-bond acceptors (Lipinski definition) is 4. The fraction of sp³-hybridized carbons (Fsp3) is 0.250. The number of amides is 1. The van der Waals surface area contributed by atoms with Crippen molar-refractivity contribution in [1.82, 2.24) is 9.55 Å². The van der Waals surface area contributed by atoms with Crippen molar-refractivity contribution in [2.24, 2.45) is 0 Å². The summed E-state index contributed by atoms with van der Waals surface area (Å²) < 4.78 is 42.7. The first-order chi connectivity index (χ1) is 18.4. The Labute approximate surface area is 231 Å². The molecule has 0 radical (unpaired) electrons. The Morgan fingerprint density at radius 3 is 2.36 bits per heavy atom. The lowest BCUT2D eigenvalue weighted by molar-refractivity contribution is -0.138. The zero-order chi connectivity index (χ0) is 28.2. The van der Waals surface area contributed by atoms with Gasteiger partial charge in [0, 0.05) is 17.5 Å². The van der Waals surface area contributed by atoms with Gasteiger partial charge in [-0.1, -0.05) is 47.5 Å². The molecule has 1 heterocycles. The summed E-state index contributed by atoms with van der Waals surface area (Å²) in [5, 5.41) is 12.4. The van der Waals surface area contributed by atoms with E-state index in [9.17, 15) is 27.9 Å². The topological polar surface area (TPSA) is 84.2 Å². The number of carbonyl (C=O) groups excluding carboxylic acids is 1. The lowest BCUT2D eigenvalue weighted by Crippen LogP contribution is -2.37. The summed E-state index contributed by atoms with van der Waals surface area (Å²) in [5.41, 5.74) is 0.273. The van der Waals surface area contributed by atoms with Gasteiger partial charge in [0.05, 0.1) is 32.2 Å². The smallest absolute Gasteiger partial charge is 0.416 e. The maximum absolute atomic E-state index is 14.0. The van der Waals surface area contributed by atoms with Crippen molar-refractivity contribution in [3.05, 3.63) is 97.0 Å². The number of halogens is 5. The van der Waals surface area contributed by atoms with E-state index in [-0.39, 0.29) is 38.0 Å². The molecule has 0 aliphatic heterocycles. The largest absolute Gasteiger partial charge is 0.505 e. The van der Waals surface area contributed by atoms with Crippen LogP contribution >= 0.6 is 23.2 Å². The van der Waals surface area contributed by atoms with Crippen molar-refractivity contribution in [3.8, 4) is 5.75 Å². The van der Waals surface area contributed by atoms with E-state index in [4.69, 9.17) is 23.2 Å². The summed E-state index contributed by atoms with van der Waals surface area (Å²) in [7, 11) is 0. The molecule has 6 nitrogen and oxygen atoms in total. The molecule has 2 atom stereocenters. The Morgan fingerprint density at radius 2 is 1.74 bits per heavy atom. The molecule has 0 saturated heterocycles. The van der Waals surface area contributed by atoms with Crippen LogP contribution in [-0.2, 0) is 6.18 Å². The molecule has 2 unspecified atom stereocenters. The first-order valence-electron chi connectivity index (χ1n) is 12.1. The Bertz CT molecular complexity index is 1680. The van der Waals surface area contributed by atoms with E-state index in [2.05, 4.69) is 10.3 Å². The maximum atomic E-state index is 14.0. The summed E-state index contributed by atoms with van der Waals surface area (Å²) in [5.74, 6) is -1.14. The van der Waals surface area contributed by atoms with E-state index >= 15 is 0 Å². The summed E-state index contributed by atoms with van der Waals surface area (Å²) in [6, 6.07) is 10.6. The highest BCUT2D eigenvalue weighted by Crippen LogP contribution is 2.49. The second-order valence-electron chi connectivity index (χ2n) is 9.57. The molecule has 4 aromatic rings. The standard InChI is InChI=1S/C28H22Cl2F3N3O3/c1-13-7-9-21(35-26(38)15-11-19(29)25(37)20(30)12-15)23-24(13)34-14(2)36(27(23)39)22-10-8-17(22)16-5-3-4-6-18(16)28(31,32)33/h3-7,9,11-12,17,22,37H,8,10H2,1-2H3,(H,35,38). The number of phenolic OH excluding ortho intramolecular Hbond substituents is 1. The Kier molecular flexibility index (Phi) is 6.84. The molecule has 1 saturated carbocycles. The van der Waals surface area contributed by atoms with E-state index in [0.29, 0.717) is 29.7 Å². The lowest BCUT2D eigenvalue weighted by atomic mass is 9.73.